The number of carbonyl (C=O) groups is 2. The van der Waals surface area contributed by atoms with Gasteiger partial charge in [0.15, 0.2) is 17.1 Å². The highest BCUT2D eigenvalue weighted by Crippen LogP contribution is 2.27. The highest BCUT2D eigenvalue weighted by molar-refractivity contribution is 6.16. The van der Waals surface area contributed by atoms with Gasteiger partial charge in [0, 0.05) is 18.2 Å². The Morgan fingerprint density at radius 3 is 2.18 bits per heavy atom. The van der Waals surface area contributed by atoms with Crippen LogP contribution in [0.15, 0.2) is 71.6 Å². The minimum Gasteiger partial charge on any atom is -0.477 e. The Hall–Kier alpha value is -3.15. The fourth-order valence-electron chi connectivity index (χ4n) is 4.02. The first kappa shape index (κ1) is 31.1. The van der Waals surface area contributed by atoms with Crippen LogP contribution in [0.3, 0.4) is 0 Å². The molecule has 2 rings (SSSR count). The quantitative estimate of drug-likeness (QED) is 0.0693. The monoisotopic (exact) mass is 522 g/mol. The van der Waals surface area contributed by atoms with E-state index in [1.54, 1.807) is 13.8 Å². The number of hydrogen-bond donors (Lipinski definition) is 1. The van der Waals surface area contributed by atoms with E-state index in [0.717, 1.165) is 32.1 Å². The van der Waals surface area contributed by atoms with Gasteiger partial charge in [0.25, 0.3) is 0 Å². The van der Waals surface area contributed by atoms with Gasteiger partial charge in [-0.2, -0.15) is 0 Å². The van der Waals surface area contributed by atoms with Crippen LogP contribution >= 0.6 is 0 Å². The highest BCUT2D eigenvalue weighted by Gasteiger charge is 2.37. The zero-order valence-corrected chi connectivity index (χ0v) is 23.5. The molecule has 6 nitrogen and oxygen atoms in total. The Morgan fingerprint density at radius 1 is 0.921 bits per heavy atom. The molecule has 0 saturated heterocycles. The highest BCUT2D eigenvalue weighted by atomic mass is 16.7. The molecule has 1 aromatic rings. The summed E-state index contributed by atoms with van der Waals surface area (Å²) in [6.45, 7) is 6.17. The second kappa shape index (κ2) is 18.2. The minimum absolute atomic E-state index is 0.155. The largest absolute Gasteiger partial charge is 0.477 e. The van der Waals surface area contributed by atoms with Crippen molar-refractivity contribution in [3.8, 4) is 0 Å². The fourth-order valence-corrected chi connectivity index (χ4v) is 4.02. The molecule has 0 aromatic heterocycles. The number of ketones is 1. The van der Waals surface area contributed by atoms with Gasteiger partial charge in [-0.1, -0.05) is 105 Å². The summed E-state index contributed by atoms with van der Waals surface area (Å²) in [5.74, 6) is 0.141. The molecule has 1 aromatic carbocycles. The van der Waals surface area contributed by atoms with Crippen molar-refractivity contribution in [3.63, 3.8) is 0 Å². The molecular weight excluding hydrogens is 476 g/mol. The Kier molecular flexibility index (Phi) is 14.8. The van der Waals surface area contributed by atoms with Gasteiger partial charge in [0.1, 0.15) is 0 Å². The van der Waals surface area contributed by atoms with Crippen molar-refractivity contribution >= 4 is 17.6 Å². The number of ether oxygens (including phenoxy) is 1. The number of allylic oxidation sites excluding steroid dienone is 5. The fraction of sp³-hybridized carbons (Fsp3) is 0.531. The molecule has 0 radical (unpaired) electrons. The molecule has 0 aliphatic carbocycles. The van der Waals surface area contributed by atoms with E-state index in [0.29, 0.717) is 23.6 Å². The van der Waals surface area contributed by atoms with Crippen LogP contribution in [0, 0.1) is 0 Å². The predicted octanol–water partition coefficient (Wildman–Crippen LogP) is 8.19. The van der Waals surface area contributed by atoms with Crippen LogP contribution in [0.1, 0.15) is 103 Å². The average Bonchev–Trinajstić information content (AvgIpc) is 3.18. The summed E-state index contributed by atoms with van der Waals surface area (Å²) in [5, 5.41) is 6.77. The van der Waals surface area contributed by atoms with Crippen LogP contribution in [-0.2, 0) is 14.4 Å². The van der Waals surface area contributed by atoms with Crippen molar-refractivity contribution in [2.45, 2.75) is 103 Å². The van der Waals surface area contributed by atoms with E-state index in [4.69, 9.17) is 9.57 Å². The third-order valence-corrected chi connectivity index (χ3v) is 6.37. The molecule has 1 amide bonds. The predicted molar refractivity (Wildman–Crippen MR) is 155 cm³/mol. The van der Waals surface area contributed by atoms with Crippen molar-refractivity contribution in [1.82, 2.24) is 5.32 Å². The Morgan fingerprint density at radius 2 is 1.55 bits per heavy atom. The summed E-state index contributed by atoms with van der Waals surface area (Å²) in [4.78, 5) is 29.4. The molecule has 0 spiro atoms. The molecule has 6 heteroatoms. The maximum Gasteiger partial charge on any atom is 0.433 e. The van der Waals surface area contributed by atoms with Gasteiger partial charge >= 0.3 is 6.09 Å². The van der Waals surface area contributed by atoms with Crippen LogP contribution in [0.4, 0.5) is 4.79 Å². The number of rotatable bonds is 18. The SMILES string of the molecule is CCCCC/C=C/C/C=C/CCCCCCCCNC(=O)O/N=C(\C1=CC(=O)C(C)(C)O1)c1ccccc1. The lowest BCUT2D eigenvalue weighted by atomic mass is 10.1. The van der Waals surface area contributed by atoms with Crippen LogP contribution in [-0.4, -0.2) is 29.7 Å². The van der Waals surface area contributed by atoms with E-state index in [1.165, 1.54) is 51.0 Å². The van der Waals surface area contributed by atoms with Crippen molar-refractivity contribution in [2.75, 3.05) is 6.54 Å². The molecule has 0 bridgehead atoms. The maximum absolute atomic E-state index is 12.2. The van der Waals surface area contributed by atoms with Crippen molar-refractivity contribution in [1.29, 1.82) is 0 Å². The second-order valence-electron chi connectivity index (χ2n) is 10.2. The first-order valence-corrected chi connectivity index (χ1v) is 14.3. The summed E-state index contributed by atoms with van der Waals surface area (Å²) in [7, 11) is 0. The third-order valence-electron chi connectivity index (χ3n) is 6.37. The molecule has 0 unspecified atom stereocenters. The maximum atomic E-state index is 12.2. The minimum atomic E-state index is -0.964. The number of nitrogens with zero attached hydrogens (tertiary/aromatic N) is 1. The second-order valence-corrected chi connectivity index (χ2v) is 10.2. The number of unbranched alkanes of at least 4 members (excludes halogenated alkanes) is 9. The van der Waals surface area contributed by atoms with Crippen molar-refractivity contribution < 1.29 is 19.2 Å². The van der Waals surface area contributed by atoms with Crippen LogP contribution in [0.5, 0.6) is 0 Å². The van der Waals surface area contributed by atoms with Gasteiger partial charge in [-0.25, -0.2) is 4.79 Å². The van der Waals surface area contributed by atoms with Crippen molar-refractivity contribution in [3.05, 3.63) is 72.0 Å². The third kappa shape index (κ3) is 12.4. The smallest absolute Gasteiger partial charge is 0.433 e. The molecular formula is C32H46N2O4. The summed E-state index contributed by atoms with van der Waals surface area (Å²) in [6.07, 6.45) is 24.0. The zero-order valence-electron chi connectivity index (χ0n) is 23.5. The molecule has 0 fully saturated rings. The normalized spacial score (nSPS) is 15.2. The van der Waals surface area contributed by atoms with E-state index < -0.39 is 11.7 Å². The van der Waals surface area contributed by atoms with E-state index >= 15 is 0 Å². The summed E-state index contributed by atoms with van der Waals surface area (Å²) in [5.41, 5.74) is 0.0462. The van der Waals surface area contributed by atoms with E-state index in [1.807, 2.05) is 30.3 Å². The Labute approximate surface area is 229 Å². The first-order valence-electron chi connectivity index (χ1n) is 14.3. The first-order chi connectivity index (χ1) is 18.4. The number of nitrogens with one attached hydrogen (secondary N) is 1. The van der Waals surface area contributed by atoms with Gasteiger partial charge in [0.2, 0.25) is 5.78 Å². The van der Waals surface area contributed by atoms with Crippen LogP contribution in [0.25, 0.3) is 0 Å². The molecule has 1 N–H and O–H groups in total. The van der Waals surface area contributed by atoms with Gasteiger partial charge < -0.3 is 10.1 Å². The Balaban J connectivity index is 1.57. The van der Waals surface area contributed by atoms with E-state index in [2.05, 4.69) is 41.7 Å². The molecule has 208 valence electrons. The van der Waals surface area contributed by atoms with Gasteiger partial charge in [-0.3, -0.25) is 9.63 Å². The number of benzene rings is 1. The topological polar surface area (TPSA) is 77.0 Å². The summed E-state index contributed by atoms with van der Waals surface area (Å²) in [6, 6.07) is 9.22. The lowest BCUT2D eigenvalue weighted by Gasteiger charge is -2.18. The molecule has 0 atom stereocenters. The number of carbonyl (C=O) groups excluding carboxylic acids is 2. The molecule has 1 aliphatic rings. The van der Waals surface area contributed by atoms with Crippen molar-refractivity contribution in [2.24, 2.45) is 5.16 Å². The van der Waals surface area contributed by atoms with E-state index in [-0.39, 0.29) is 5.78 Å². The lowest BCUT2D eigenvalue weighted by Crippen LogP contribution is -2.28. The van der Waals surface area contributed by atoms with E-state index in [9.17, 15) is 9.59 Å². The number of amides is 1. The molecule has 1 aliphatic heterocycles. The molecule has 1 heterocycles. The van der Waals surface area contributed by atoms with Gasteiger partial charge in [-0.05, 0) is 52.4 Å². The Bertz CT molecular complexity index is 961. The standard InChI is InChI=1S/C32H46N2O4/c1-4-5-6-7-8-9-10-11-12-13-14-15-16-17-18-22-25-33-31(36)38-34-30(27-23-20-19-21-24-27)28-26-29(35)32(2,3)37-28/h8-9,11-12,19-21,23-24,26H,4-7,10,13-18,22,25H2,1-3H3,(H,33,36)/b9-8+,12-11+,34-30-. The lowest BCUT2D eigenvalue weighted by molar-refractivity contribution is -0.126. The van der Waals surface area contributed by atoms with Gasteiger partial charge in [-0.15, -0.1) is 0 Å². The molecule has 0 saturated carbocycles. The van der Waals surface area contributed by atoms with Crippen LogP contribution in [0.2, 0.25) is 0 Å². The summed E-state index contributed by atoms with van der Waals surface area (Å²) >= 11 is 0. The number of oxime groups is 1. The average molecular weight is 523 g/mol. The number of hydrogen-bond acceptors (Lipinski definition) is 5. The molecule has 38 heavy (non-hydrogen) atoms. The van der Waals surface area contributed by atoms with Gasteiger partial charge in [0.05, 0.1) is 0 Å². The summed E-state index contributed by atoms with van der Waals surface area (Å²) < 4.78 is 5.77. The zero-order chi connectivity index (χ0) is 27.5. The van der Waals surface area contributed by atoms with Crippen LogP contribution < -0.4 is 5.32 Å².